The molecule has 0 radical (unpaired) electrons. The molecule has 2 saturated carbocycles. The molecule has 0 aliphatic heterocycles. The number of hydrogen-bond acceptors (Lipinski definition) is 2. The van der Waals surface area contributed by atoms with E-state index in [9.17, 15) is 4.79 Å². The molecular weight excluding hydrogens is 272 g/mol. The third-order valence-electron chi connectivity index (χ3n) is 5.16. The van der Waals surface area contributed by atoms with Crippen molar-refractivity contribution in [3.05, 3.63) is 35.9 Å². The molecule has 2 fully saturated rings. The van der Waals surface area contributed by atoms with Gasteiger partial charge in [-0.25, -0.2) is 0 Å². The highest BCUT2D eigenvalue weighted by Gasteiger charge is 2.31. The third kappa shape index (κ3) is 3.89. The van der Waals surface area contributed by atoms with Gasteiger partial charge in [-0.15, -0.1) is 0 Å². The molecule has 0 saturated heterocycles. The number of amides is 1. The van der Waals surface area contributed by atoms with E-state index in [2.05, 4.69) is 41.4 Å². The average Bonchev–Trinajstić information content (AvgIpc) is 3.25. The first-order chi connectivity index (χ1) is 10.8. The fourth-order valence-corrected chi connectivity index (χ4v) is 3.77. The topological polar surface area (TPSA) is 32.3 Å². The fraction of sp³-hybridized carbons (Fsp3) is 0.632. The van der Waals surface area contributed by atoms with Crippen molar-refractivity contribution >= 4 is 5.91 Å². The Labute approximate surface area is 134 Å². The van der Waals surface area contributed by atoms with Crippen molar-refractivity contribution < 1.29 is 4.79 Å². The maximum atomic E-state index is 12.5. The van der Waals surface area contributed by atoms with Gasteiger partial charge < -0.3 is 5.32 Å². The summed E-state index contributed by atoms with van der Waals surface area (Å²) in [5, 5.41) is 3.34. The van der Waals surface area contributed by atoms with Crippen molar-refractivity contribution in [2.75, 3.05) is 13.1 Å². The second kappa shape index (κ2) is 7.28. The number of carbonyl (C=O) groups is 1. The van der Waals surface area contributed by atoms with Gasteiger partial charge in [0, 0.05) is 6.04 Å². The van der Waals surface area contributed by atoms with Crippen molar-refractivity contribution in [1.29, 1.82) is 0 Å². The van der Waals surface area contributed by atoms with Crippen LogP contribution in [0.25, 0.3) is 0 Å². The summed E-state index contributed by atoms with van der Waals surface area (Å²) in [4.78, 5) is 14.8. The van der Waals surface area contributed by atoms with Gasteiger partial charge in [0.05, 0.1) is 12.6 Å². The zero-order chi connectivity index (χ0) is 15.4. The summed E-state index contributed by atoms with van der Waals surface area (Å²) in [5.41, 5.74) is 1.26. The van der Waals surface area contributed by atoms with Gasteiger partial charge in [-0.3, -0.25) is 9.69 Å². The molecule has 1 atom stereocenters. The molecule has 3 rings (SSSR count). The van der Waals surface area contributed by atoms with Crippen molar-refractivity contribution in [1.82, 2.24) is 10.2 Å². The molecule has 1 aromatic rings. The van der Waals surface area contributed by atoms with Crippen LogP contribution in [-0.2, 0) is 4.79 Å². The summed E-state index contributed by atoms with van der Waals surface area (Å²) in [6, 6.07) is 11.3. The van der Waals surface area contributed by atoms with E-state index >= 15 is 0 Å². The minimum atomic E-state index is 0.189. The third-order valence-corrected chi connectivity index (χ3v) is 5.16. The Balaban J connectivity index is 1.65. The number of rotatable bonds is 7. The molecule has 1 aromatic carbocycles. The Bertz CT molecular complexity index is 477. The van der Waals surface area contributed by atoms with Crippen LogP contribution < -0.4 is 5.32 Å². The summed E-state index contributed by atoms with van der Waals surface area (Å²) in [7, 11) is 0. The van der Waals surface area contributed by atoms with Gasteiger partial charge in [-0.2, -0.15) is 0 Å². The van der Waals surface area contributed by atoms with E-state index < -0.39 is 0 Å². The van der Waals surface area contributed by atoms with Crippen LogP contribution in [0.1, 0.15) is 57.1 Å². The maximum absolute atomic E-state index is 12.5. The fourth-order valence-electron chi connectivity index (χ4n) is 3.77. The predicted octanol–water partition coefficient (Wildman–Crippen LogP) is 3.52. The largest absolute Gasteiger partial charge is 0.348 e. The van der Waals surface area contributed by atoms with Crippen LogP contribution in [0.3, 0.4) is 0 Å². The lowest BCUT2D eigenvalue weighted by Gasteiger charge is -2.27. The molecule has 1 unspecified atom stereocenters. The minimum absolute atomic E-state index is 0.189. The highest BCUT2D eigenvalue weighted by molar-refractivity contribution is 5.78. The molecule has 2 aliphatic carbocycles. The van der Waals surface area contributed by atoms with E-state index in [1.54, 1.807) is 0 Å². The van der Waals surface area contributed by atoms with E-state index in [4.69, 9.17) is 0 Å². The second-order valence-corrected chi connectivity index (χ2v) is 6.79. The van der Waals surface area contributed by atoms with Crippen LogP contribution in [-0.4, -0.2) is 29.9 Å². The molecule has 0 heterocycles. The average molecular weight is 300 g/mol. The molecule has 3 heteroatoms. The van der Waals surface area contributed by atoms with Crippen molar-refractivity contribution in [2.24, 2.45) is 5.92 Å². The van der Waals surface area contributed by atoms with Gasteiger partial charge in [-0.1, -0.05) is 50.1 Å². The van der Waals surface area contributed by atoms with Crippen LogP contribution >= 0.6 is 0 Å². The standard InChI is InChI=1S/C19H28N2O/c1-2-21(17-12-13-17)14-18(22)20-19(16-10-6-7-11-16)15-8-4-3-5-9-15/h3-5,8-9,16-17,19H,2,6-7,10-14H2,1H3,(H,20,22). The van der Waals surface area contributed by atoms with Gasteiger partial charge in [0.15, 0.2) is 0 Å². The number of nitrogens with zero attached hydrogens (tertiary/aromatic N) is 1. The van der Waals surface area contributed by atoms with Gasteiger partial charge >= 0.3 is 0 Å². The first kappa shape index (κ1) is 15.5. The summed E-state index contributed by atoms with van der Waals surface area (Å²) >= 11 is 0. The second-order valence-electron chi connectivity index (χ2n) is 6.79. The number of hydrogen-bond donors (Lipinski definition) is 1. The number of benzene rings is 1. The van der Waals surface area contributed by atoms with Crippen molar-refractivity contribution in [3.63, 3.8) is 0 Å². The molecule has 2 aliphatic rings. The van der Waals surface area contributed by atoms with Crippen molar-refractivity contribution in [3.8, 4) is 0 Å². The highest BCUT2D eigenvalue weighted by Crippen LogP contribution is 2.35. The first-order valence-corrected chi connectivity index (χ1v) is 8.86. The quantitative estimate of drug-likeness (QED) is 0.835. The van der Waals surface area contributed by atoms with E-state index in [0.717, 1.165) is 6.54 Å². The summed E-state index contributed by atoms with van der Waals surface area (Å²) in [6.45, 7) is 3.67. The molecule has 22 heavy (non-hydrogen) atoms. The number of nitrogens with one attached hydrogen (secondary N) is 1. The Morgan fingerprint density at radius 3 is 2.45 bits per heavy atom. The summed E-state index contributed by atoms with van der Waals surface area (Å²) < 4.78 is 0. The lowest BCUT2D eigenvalue weighted by Crippen LogP contribution is -2.41. The Hall–Kier alpha value is -1.35. The van der Waals surface area contributed by atoms with Crippen LogP contribution in [0.4, 0.5) is 0 Å². The molecule has 1 amide bonds. The normalized spacial score (nSPS) is 20.3. The zero-order valence-electron chi connectivity index (χ0n) is 13.6. The van der Waals surface area contributed by atoms with E-state index in [0.29, 0.717) is 18.5 Å². The van der Waals surface area contributed by atoms with Gasteiger partial charge in [0.2, 0.25) is 5.91 Å². The highest BCUT2D eigenvalue weighted by atomic mass is 16.2. The van der Waals surface area contributed by atoms with Crippen LogP contribution in [0.2, 0.25) is 0 Å². The van der Waals surface area contributed by atoms with Crippen LogP contribution in [0.5, 0.6) is 0 Å². The summed E-state index contributed by atoms with van der Waals surface area (Å²) in [6.07, 6.45) is 7.58. The van der Waals surface area contributed by atoms with Gasteiger partial charge in [-0.05, 0) is 43.7 Å². The molecule has 0 spiro atoms. The van der Waals surface area contributed by atoms with Crippen LogP contribution in [0, 0.1) is 5.92 Å². The molecular formula is C19H28N2O. The SMILES string of the molecule is CCN(CC(=O)NC(c1ccccc1)C1CCCC1)C1CC1. The molecule has 3 nitrogen and oxygen atoms in total. The Kier molecular flexibility index (Phi) is 5.14. The van der Waals surface area contributed by atoms with E-state index in [1.165, 1.54) is 44.1 Å². The van der Waals surface area contributed by atoms with Gasteiger partial charge in [0.1, 0.15) is 0 Å². The maximum Gasteiger partial charge on any atom is 0.234 e. The zero-order valence-corrected chi connectivity index (χ0v) is 13.6. The Morgan fingerprint density at radius 1 is 1.18 bits per heavy atom. The molecule has 0 bridgehead atoms. The van der Waals surface area contributed by atoms with Gasteiger partial charge in [0.25, 0.3) is 0 Å². The van der Waals surface area contributed by atoms with E-state index in [1.807, 2.05) is 6.07 Å². The van der Waals surface area contributed by atoms with Crippen molar-refractivity contribution in [2.45, 2.75) is 57.5 Å². The predicted molar refractivity (Wildman–Crippen MR) is 89.6 cm³/mol. The number of carbonyl (C=O) groups excluding carboxylic acids is 1. The monoisotopic (exact) mass is 300 g/mol. The Morgan fingerprint density at radius 2 is 1.86 bits per heavy atom. The lowest BCUT2D eigenvalue weighted by atomic mass is 9.91. The molecule has 120 valence electrons. The van der Waals surface area contributed by atoms with E-state index in [-0.39, 0.29) is 11.9 Å². The minimum Gasteiger partial charge on any atom is -0.348 e. The lowest BCUT2D eigenvalue weighted by molar-refractivity contribution is -0.123. The molecule has 1 N–H and O–H groups in total. The summed E-state index contributed by atoms with van der Waals surface area (Å²) in [5.74, 6) is 0.789. The number of likely N-dealkylation sites (N-methyl/N-ethyl adjacent to an activating group) is 1. The van der Waals surface area contributed by atoms with Crippen LogP contribution in [0.15, 0.2) is 30.3 Å². The molecule has 0 aromatic heterocycles. The smallest absolute Gasteiger partial charge is 0.234 e. The first-order valence-electron chi connectivity index (χ1n) is 8.86.